The van der Waals surface area contributed by atoms with Gasteiger partial charge >= 0.3 is 6.09 Å². The number of hydrogen-bond acceptors (Lipinski definition) is 6. The minimum absolute atomic E-state index is 0.101. The van der Waals surface area contributed by atoms with Crippen LogP contribution in [0, 0.1) is 0 Å². The number of aliphatic hydroxyl groups is 1. The van der Waals surface area contributed by atoms with Crippen LogP contribution < -0.4 is 4.90 Å². The molecule has 0 aliphatic carbocycles. The normalized spacial score (nSPS) is 23.9. The van der Waals surface area contributed by atoms with Crippen molar-refractivity contribution in [2.45, 2.75) is 39.0 Å². The first-order valence-electron chi connectivity index (χ1n) is 7.06. The third kappa shape index (κ3) is 3.24. The smallest absolute Gasteiger partial charge is 0.409 e. The van der Waals surface area contributed by atoms with E-state index in [0.29, 0.717) is 18.9 Å². The lowest BCUT2D eigenvalue weighted by atomic mass is 10.1. The van der Waals surface area contributed by atoms with Crippen molar-refractivity contribution >= 4 is 11.9 Å². The van der Waals surface area contributed by atoms with E-state index in [0.717, 1.165) is 5.82 Å². The number of piperazine rings is 1. The fraction of sp³-hybridized carbons (Fsp3) is 0.643. The Morgan fingerprint density at radius 3 is 2.57 bits per heavy atom. The average Bonchev–Trinajstić information content (AvgIpc) is 2.45. The molecular weight excluding hydrogens is 272 g/mol. The van der Waals surface area contributed by atoms with Crippen molar-refractivity contribution in [1.82, 2.24) is 14.9 Å². The summed E-state index contributed by atoms with van der Waals surface area (Å²) in [6, 6.07) is 2.03. The van der Waals surface area contributed by atoms with Gasteiger partial charge in [-0.15, -0.1) is 0 Å². The van der Waals surface area contributed by atoms with E-state index >= 15 is 0 Å². The number of carbonyl (C=O) groups is 1. The van der Waals surface area contributed by atoms with Crippen LogP contribution in [0.1, 0.15) is 32.7 Å². The molecule has 1 aromatic heterocycles. The standard InChI is InChI=1S/C14H22N4O3/c1-9-7-17(14(20)21-4)8-10(2)18(9)12-5-6-15-13(16-12)11(3)19/h5-6,9-11,19H,7-8H2,1-4H3. The number of aromatic nitrogens is 2. The number of hydrogen-bond donors (Lipinski definition) is 1. The van der Waals surface area contributed by atoms with Gasteiger partial charge in [0, 0.05) is 31.4 Å². The predicted octanol–water partition coefficient (Wildman–Crippen LogP) is 1.20. The monoisotopic (exact) mass is 294 g/mol. The van der Waals surface area contributed by atoms with Crippen LogP contribution in [0.4, 0.5) is 10.6 Å². The fourth-order valence-electron chi connectivity index (χ4n) is 2.76. The molecule has 1 aliphatic heterocycles. The molecule has 1 fully saturated rings. The number of amides is 1. The highest BCUT2D eigenvalue weighted by atomic mass is 16.5. The Morgan fingerprint density at radius 1 is 1.43 bits per heavy atom. The summed E-state index contributed by atoms with van der Waals surface area (Å²) in [5.41, 5.74) is 0. The summed E-state index contributed by atoms with van der Waals surface area (Å²) >= 11 is 0. The van der Waals surface area contributed by atoms with E-state index < -0.39 is 6.10 Å². The van der Waals surface area contributed by atoms with Gasteiger partial charge < -0.3 is 19.6 Å². The molecule has 2 rings (SSSR count). The Labute approximate surface area is 124 Å². The van der Waals surface area contributed by atoms with E-state index in [4.69, 9.17) is 4.74 Å². The summed E-state index contributed by atoms with van der Waals surface area (Å²) in [6.07, 6.45) is 0.642. The topological polar surface area (TPSA) is 78.8 Å². The van der Waals surface area contributed by atoms with E-state index in [1.54, 1.807) is 18.0 Å². The molecule has 1 aromatic rings. The molecule has 21 heavy (non-hydrogen) atoms. The maximum absolute atomic E-state index is 11.7. The number of carbonyl (C=O) groups excluding carboxylic acids is 1. The predicted molar refractivity (Wildman–Crippen MR) is 78.0 cm³/mol. The van der Waals surface area contributed by atoms with Crippen LogP contribution in [-0.2, 0) is 4.74 Å². The molecule has 7 nitrogen and oxygen atoms in total. The summed E-state index contributed by atoms with van der Waals surface area (Å²) in [5.74, 6) is 1.17. The fourth-order valence-corrected chi connectivity index (χ4v) is 2.76. The zero-order valence-electron chi connectivity index (χ0n) is 12.9. The van der Waals surface area contributed by atoms with Gasteiger partial charge in [-0.3, -0.25) is 0 Å². The molecule has 1 aliphatic rings. The Balaban J connectivity index is 2.21. The van der Waals surface area contributed by atoms with Crippen LogP contribution in [0.3, 0.4) is 0 Å². The molecule has 0 bridgehead atoms. The number of aliphatic hydroxyl groups excluding tert-OH is 1. The van der Waals surface area contributed by atoms with Gasteiger partial charge in [0.15, 0.2) is 5.82 Å². The molecule has 7 heteroatoms. The summed E-state index contributed by atoms with van der Waals surface area (Å²) in [6.45, 7) is 6.86. The van der Waals surface area contributed by atoms with Gasteiger partial charge in [-0.2, -0.15) is 0 Å². The largest absolute Gasteiger partial charge is 0.453 e. The maximum atomic E-state index is 11.7. The second-order valence-corrected chi connectivity index (χ2v) is 5.43. The second-order valence-electron chi connectivity index (χ2n) is 5.43. The quantitative estimate of drug-likeness (QED) is 0.883. The summed E-state index contributed by atoms with van der Waals surface area (Å²) in [5, 5.41) is 9.61. The van der Waals surface area contributed by atoms with Crippen molar-refractivity contribution in [3.8, 4) is 0 Å². The molecule has 116 valence electrons. The number of rotatable bonds is 2. The van der Waals surface area contributed by atoms with Crippen LogP contribution in [-0.4, -0.2) is 58.4 Å². The molecular formula is C14H22N4O3. The van der Waals surface area contributed by atoms with Crippen molar-refractivity contribution < 1.29 is 14.6 Å². The minimum Gasteiger partial charge on any atom is -0.453 e. The lowest BCUT2D eigenvalue weighted by Crippen LogP contribution is -2.58. The first-order valence-corrected chi connectivity index (χ1v) is 7.06. The number of methoxy groups -OCH3 is 1. The van der Waals surface area contributed by atoms with Gasteiger partial charge in [-0.1, -0.05) is 0 Å². The van der Waals surface area contributed by atoms with E-state index in [1.165, 1.54) is 7.11 Å². The van der Waals surface area contributed by atoms with Crippen LogP contribution in [0.5, 0.6) is 0 Å². The van der Waals surface area contributed by atoms with E-state index in [-0.39, 0.29) is 18.2 Å². The highest BCUT2D eigenvalue weighted by molar-refractivity contribution is 5.68. The van der Waals surface area contributed by atoms with E-state index in [2.05, 4.69) is 14.9 Å². The average molecular weight is 294 g/mol. The zero-order valence-corrected chi connectivity index (χ0v) is 12.9. The maximum Gasteiger partial charge on any atom is 0.409 e. The summed E-state index contributed by atoms with van der Waals surface area (Å²) < 4.78 is 4.79. The Morgan fingerprint density at radius 2 is 2.05 bits per heavy atom. The molecule has 1 amide bonds. The molecule has 3 atom stereocenters. The van der Waals surface area contributed by atoms with Crippen molar-refractivity contribution in [2.75, 3.05) is 25.1 Å². The summed E-state index contributed by atoms with van der Waals surface area (Å²) in [4.78, 5) is 24.0. The van der Waals surface area contributed by atoms with Gasteiger partial charge in [-0.25, -0.2) is 14.8 Å². The number of anilines is 1. The first kappa shape index (κ1) is 15.5. The zero-order chi connectivity index (χ0) is 15.6. The van der Waals surface area contributed by atoms with Crippen molar-refractivity contribution in [3.05, 3.63) is 18.1 Å². The molecule has 0 radical (unpaired) electrons. The lowest BCUT2D eigenvalue weighted by molar-refractivity contribution is 0.109. The molecule has 0 spiro atoms. The Kier molecular flexibility index (Phi) is 4.62. The highest BCUT2D eigenvalue weighted by Gasteiger charge is 2.33. The molecule has 3 unspecified atom stereocenters. The Bertz CT molecular complexity index is 497. The molecule has 2 heterocycles. The summed E-state index contributed by atoms with van der Waals surface area (Å²) in [7, 11) is 1.39. The van der Waals surface area contributed by atoms with Crippen molar-refractivity contribution in [1.29, 1.82) is 0 Å². The lowest BCUT2D eigenvalue weighted by Gasteiger charge is -2.44. The Hall–Kier alpha value is -1.89. The van der Waals surface area contributed by atoms with Gasteiger partial charge in [0.1, 0.15) is 11.9 Å². The third-order valence-corrected chi connectivity index (χ3v) is 3.65. The minimum atomic E-state index is -0.702. The van der Waals surface area contributed by atoms with Crippen LogP contribution >= 0.6 is 0 Å². The van der Waals surface area contributed by atoms with E-state index in [1.807, 2.05) is 19.9 Å². The third-order valence-electron chi connectivity index (χ3n) is 3.65. The molecule has 1 saturated heterocycles. The van der Waals surface area contributed by atoms with Crippen LogP contribution in [0.2, 0.25) is 0 Å². The highest BCUT2D eigenvalue weighted by Crippen LogP contribution is 2.23. The van der Waals surface area contributed by atoms with Crippen molar-refractivity contribution in [3.63, 3.8) is 0 Å². The SMILES string of the molecule is COC(=O)N1CC(C)N(c2ccnc(C(C)O)n2)C(C)C1. The van der Waals surface area contributed by atoms with Crippen molar-refractivity contribution in [2.24, 2.45) is 0 Å². The van der Waals surface area contributed by atoms with Gasteiger partial charge in [-0.05, 0) is 26.8 Å². The number of ether oxygens (including phenoxy) is 1. The van der Waals surface area contributed by atoms with Gasteiger partial charge in [0.05, 0.1) is 7.11 Å². The van der Waals surface area contributed by atoms with E-state index in [9.17, 15) is 9.90 Å². The van der Waals surface area contributed by atoms with Gasteiger partial charge in [0.2, 0.25) is 0 Å². The molecule has 1 N–H and O–H groups in total. The number of nitrogens with zero attached hydrogens (tertiary/aromatic N) is 4. The van der Waals surface area contributed by atoms with Crippen LogP contribution in [0.15, 0.2) is 12.3 Å². The van der Waals surface area contributed by atoms with Crippen LogP contribution in [0.25, 0.3) is 0 Å². The van der Waals surface area contributed by atoms with Gasteiger partial charge in [0.25, 0.3) is 0 Å². The molecule has 0 saturated carbocycles. The second kappa shape index (κ2) is 6.26. The first-order chi connectivity index (χ1) is 9.93. The molecule has 0 aromatic carbocycles.